The first kappa shape index (κ1) is 10.9. The predicted molar refractivity (Wildman–Crippen MR) is 51.5 cm³/mol. The van der Waals surface area contributed by atoms with E-state index in [1.54, 1.807) is 7.11 Å². The van der Waals surface area contributed by atoms with Crippen molar-refractivity contribution >= 4 is 0 Å². The first-order valence-corrected chi connectivity index (χ1v) is 4.89. The zero-order valence-corrected chi connectivity index (χ0v) is 8.37. The molecule has 0 atom stereocenters. The minimum absolute atomic E-state index is 0.383. The summed E-state index contributed by atoms with van der Waals surface area (Å²) in [6.45, 7) is 4.39. The van der Waals surface area contributed by atoms with E-state index in [1.165, 1.54) is 0 Å². The summed E-state index contributed by atoms with van der Waals surface area (Å²) in [7, 11) is 1.66. The zero-order valence-electron chi connectivity index (χ0n) is 8.37. The Kier molecular flexibility index (Phi) is 5.31. The maximum atomic E-state index is 5.48. The molecule has 4 nitrogen and oxygen atoms in total. The highest BCUT2D eigenvalue weighted by atomic mass is 16.7. The summed E-state index contributed by atoms with van der Waals surface area (Å²) >= 11 is 0. The Balaban J connectivity index is 2.08. The lowest BCUT2D eigenvalue weighted by Crippen LogP contribution is -2.39. The Morgan fingerprint density at radius 2 is 2.08 bits per heavy atom. The van der Waals surface area contributed by atoms with E-state index in [9.17, 15) is 0 Å². The van der Waals surface area contributed by atoms with Crippen LogP contribution < -0.4 is 5.73 Å². The molecule has 0 spiro atoms. The average Bonchev–Trinajstić information content (AvgIpc) is 2.17. The lowest BCUT2D eigenvalue weighted by molar-refractivity contribution is -0.0883. The van der Waals surface area contributed by atoms with E-state index in [4.69, 9.17) is 15.2 Å². The number of likely N-dealkylation sites (tertiary alicyclic amines) is 1. The maximum absolute atomic E-state index is 5.48. The summed E-state index contributed by atoms with van der Waals surface area (Å²) in [5, 5.41) is 0. The molecular weight excluding hydrogens is 168 g/mol. The summed E-state index contributed by atoms with van der Waals surface area (Å²) in [6, 6.07) is 0. The highest BCUT2D eigenvalue weighted by molar-refractivity contribution is 4.72. The van der Waals surface area contributed by atoms with Crippen LogP contribution >= 0.6 is 0 Å². The van der Waals surface area contributed by atoms with Gasteiger partial charge in [-0.1, -0.05) is 0 Å². The van der Waals surface area contributed by atoms with Crippen LogP contribution in [0.25, 0.3) is 0 Å². The Hall–Kier alpha value is -0.160. The molecule has 78 valence electrons. The minimum Gasteiger partial charge on any atom is -0.359 e. The number of nitrogens with zero attached hydrogens (tertiary/aromatic N) is 1. The van der Waals surface area contributed by atoms with E-state index in [1.807, 2.05) is 0 Å². The molecular formula is C9H20N2O2. The first-order chi connectivity index (χ1) is 6.36. The van der Waals surface area contributed by atoms with Crippen molar-refractivity contribution < 1.29 is 9.47 Å². The third-order valence-corrected chi connectivity index (χ3v) is 2.40. The van der Waals surface area contributed by atoms with Gasteiger partial charge in [-0.3, -0.25) is 0 Å². The van der Waals surface area contributed by atoms with Crippen molar-refractivity contribution in [3.8, 4) is 0 Å². The van der Waals surface area contributed by atoms with E-state index in [-0.39, 0.29) is 0 Å². The van der Waals surface area contributed by atoms with Crippen LogP contribution in [0.3, 0.4) is 0 Å². The Labute approximate surface area is 80.0 Å². The van der Waals surface area contributed by atoms with Gasteiger partial charge in [-0.25, -0.2) is 0 Å². The molecule has 0 aromatic carbocycles. The van der Waals surface area contributed by atoms with Gasteiger partial charge in [0, 0.05) is 33.3 Å². The molecule has 1 aliphatic rings. The fourth-order valence-electron chi connectivity index (χ4n) is 1.65. The summed E-state index contributed by atoms with van der Waals surface area (Å²) in [6.07, 6.45) is 2.58. The summed E-state index contributed by atoms with van der Waals surface area (Å²) < 4.78 is 10.3. The van der Waals surface area contributed by atoms with Crippen LogP contribution in [0.15, 0.2) is 0 Å². The van der Waals surface area contributed by atoms with Gasteiger partial charge in [-0.05, 0) is 12.8 Å². The van der Waals surface area contributed by atoms with E-state index >= 15 is 0 Å². The summed E-state index contributed by atoms with van der Waals surface area (Å²) in [5.74, 6) is 0. The van der Waals surface area contributed by atoms with Gasteiger partial charge in [0.15, 0.2) is 0 Å². The molecule has 1 fully saturated rings. The molecule has 1 heterocycles. The van der Waals surface area contributed by atoms with E-state index in [2.05, 4.69) is 4.90 Å². The van der Waals surface area contributed by atoms with Gasteiger partial charge in [0.05, 0.1) is 6.10 Å². The van der Waals surface area contributed by atoms with Gasteiger partial charge in [0.2, 0.25) is 0 Å². The van der Waals surface area contributed by atoms with Gasteiger partial charge < -0.3 is 20.1 Å². The van der Waals surface area contributed by atoms with Crippen molar-refractivity contribution in [3.63, 3.8) is 0 Å². The number of piperidine rings is 1. The highest BCUT2D eigenvalue weighted by Gasteiger charge is 2.18. The molecule has 1 saturated heterocycles. The molecule has 0 radical (unpaired) electrons. The molecule has 1 rings (SSSR count). The van der Waals surface area contributed by atoms with Crippen molar-refractivity contribution in [1.29, 1.82) is 0 Å². The van der Waals surface area contributed by atoms with E-state index in [0.29, 0.717) is 12.9 Å². The van der Waals surface area contributed by atoms with Gasteiger partial charge in [0.25, 0.3) is 0 Å². The fraction of sp³-hybridized carbons (Fsp3) is 1.00. The second-order valence-electron chi connectivity index (χ2n) is 3.40. The van der Waals surface area contributed by atoms with Crippen LogP contribution in [0, 0.1) is 0 Å². The number of nitrogens with two attached hydrogens (primary N) is 1. The molecule has 0 bridgehead atoms. The SMILES string of the molecule is COCOC1CCN(CCN)CC1. The third-order valence-electron chi connectivity index (χ3n) is 2.40. The van der Waals surface area contributed by atoms with Gasteiger partial charge in [-0.2, -0.15) is 0 Å². The second-order valence-corrected chi connectivity index (χ2v) is 3.40. The summed E-state index contributed by atoms with van der Waals surface area (Å²) in [4.78, 5) is 2.38. The topological polar surface area (TPSA) is 47.7 Å². The quantitative estimate of drug-likeness (QED) is 0.618. The predicted octanol–water partition coefficient (Wildman–Crippen LogP) is 0.0300. The largest absolute Gasteiger partial charge is 0.359 e. The minimum atomic E-state index is 0.383. The Bertz CT molecular complexity index is 125. The lowest BCUT2D eigenvalue weighted by Gasteiger charge is -2.31. The highest BCUT2D eigenvalue weighted by Crippen LogP contribution is 2.12. The average molecular weight is 188 g/mol. The van der Waals surface area contributed by atoms with E-state index in [0.717, 1.165) is 39.0 Å². The summed E-state index contributed by atoms with van der Waals surface area (Å²) in [5.41, 5.74) is 5.48. The first-order valence-electron chi connectivity index (χ1n) is 4.89. The van der Waals surface area contributed by atoms with Crippen molar-refractivity contribution in [2.24, 2.45) is 5.73 Å². The van der Waals surface area contributed by atoms with Crippen molar-refractivity contribution in [2.75, 3.05) is 40.1 Å². The maximum Gasteiger partial charge on any atom is 0.146 e. The van der Waals surface area contributed by atoms with Crippen LogP contribution in [0.1, 0.15) is 12.8 Å². The third kappa shape index (κ3) is 4.04. The molecule has 2 N–H and O–H groups in total. The standard InChI is InChI=1S/C9H20N2O2/c1-12-8-13-9-2-5-11(6-3-9)7-4-10/h9H,2-8,10H2,1H3. The normalized spacial score (nSPS) is 20.8. The smallest absolute Gasteiger partial charge is 0.146 e. The van der Waals surface area contributed by atoms with Crippen molar-refractivity contribution in [3.05, 3.63) is 0 Å². The zero-order chi connectivity index (χ0) is 9.52. The number of ether oxygens (including phenoxy) is 2. The number of rotatable bonds is 5. The molecule has 0 amide bonds. The molecule has 13 heavy (non-hydrogen) atoms. The molecule has 0 aromatic rings. The number of hydrogen-bond donors (Lipinski definition) is 1. The Morgan fingerprint density at radius 1 is 1.38 bits per heavy atom. The van der Waals surface area contributed by atoms with Crippen LogP contribution in [0.2, 0.25) is 0 Å². The molecule has 0 aromatic heterocycles. The molecule has 4 heteroatoms. The second kappa shape index (κ2) is 6.32. The monoisotopic (exact) mass is 188 g/mol. The number of hydrogen-bond acceptors (Lipinski definition) is 4. The van der Waals surface area contributed by atoms with Crippen LogP contribution in [0.4, 0.5) is 0 Å². The van der Waals surface area contributed by atoms with Crippen molar-refractivity contribution in [1.82, 2.24) is 4.90 Å². The molecule has 1 aliphatic heterocycles. The molecule has 0 saturated carbocycles. The van der Waals surface area contributed by atoms with Crippen LogP contribution in [-0.4, -0.2) is 51.1 Å². The van der Waals surface area contributed by atoms with Gasteiger partial charge in [-0.15, -0.1) is 0 Å². The van der Waals surface area contributed by atoms with E-state index < -0.39 is 0 Å². The number of methoxy groups -OCH3 is 1. The van der Waals surface area contributed by atoms with Crippen molar-refractivity contribution in [2.45, 2.75) is 18.9 Å². The van der Waals surface area contributed by atoms with Crippen LogP contribution in [-0.2, 0) is 9.47 Å². The fourth-order valence-corrected chi connectivity index (χ4v) is 1.65. The lowest BCUT2D eigenvalue weighted by atomic mass is 10.1. The Morgan fingerprint density at radius 3 is 2.62 bits per heavy atom. The van der Waals surface area contributed by atoms with Gasteiger partial charge in [0.1, 0.15) is 6.79 Å². The van der Waals surface area contributed by atoms with Gasteiger partial charge >= 0.3 is 0 Å². The molecule has 0 aliphatic carbocycles. The van der Waals surface area contributed by atoms with Crippen LogP contribution in [0.5, 0.6) is 0 Å². The molecule has 0 unspecified atom stereocenters.